The third-order valence-electron chi connectivity index (χ3n) is 3.30. The van der Waals surface area contributed by atoms with Crippen LogP contribution in [0.3, 0.4) is 0 Å². The second-order valence-corrected chi connectivity index (χ2v) is 4.79. The van der Waals surface area contributed by atoms with E-state index in [1.165, 1.54) is 0 Å². The Morgan fingerprint density at radius 1 is 1.21 bits per heavy atom. The van der Waals surface area contributed by atoms with Gasteiger partial charge in [-0.05, 0) is 31.2 Å². The molecule has 0 aliphatic carbocycles. The summed E-state index contributed by atoms with van der Waals surface area (Å²) in [4.78, 5) is 10.8. The second kappa shape index (κ2) is 5.26. The summed E-state index contributed by atoms with van der Waals surface area (Å²) in [5.74, 6) is 1.93. The predicted octanol–water partition coefficient (Wildman–Crippen LogP) is 2.44. The highest BCUT2D eigenvalue weighted by molar-refractivity contribution is 5.40. The molecule has 1 saturated heterocycles. The van der Waals surface area contributed by atoms with Gasteiger partial charge in [-0.15, -0.1) is 0 Å². The maximum absolute atomic E-state index is 5.95. The van der Waals surface area contributed by atoms with Crippen LogP contribution in [0.15, 0.2) is 42.7 Å². The molecule has 4 heteroatoms. The fraction of sp³-hybridized carbons (Fsp3) is 0.333. The van der Waals surface area contributed by atoms with Crippen LogP contribution >= 0.6 is 0 Å². The Labute approximate surface area is 113 Å². The van der Waals surface area contributed by atoms with Crippen LogP contribution in [-0.4, -0.2) is 29.2 Å². The molecule has 0 unspecified atom stereocenters. The molecule has 0 amide bonds. The number of aromatic nitrogens is 2. The molecular formula is C15H17N3O. The first-order valence-electron chi connectivity index (χ1n) is 6.56. The van der Waals surface area contributed by atoms with Crippen molar-refractivity contribution >= 4 is 5.82 Å². The molecule has 2 aromatic rings. The molecule has 1 atom stereocenters. The van der Waals surface area contributed by atoms with Gasteiger partial charge in [0.15, 0.2) is 0 Å². The Kier molecular flexibility index (Phi) is 3.31. The van der Waals surface area contributed by atoms with Gasteiger partial charge in [0.2, 0.25) is 0 Å². The average Bonchev–Trinajstić information content (AvgIpc) is 2.88. The highest BCUT2D eigenvalue weighted by Gasteiger charge is 2.24. The Bertz CT molecular complexity index is 544. The lowest BCUT2D eigenvalue weighted by Gasteiger charge is -2.18. The molecule has 0 bridgehead atoms. The Hall–Kier alpha value is -2.10. The molecule has 0 saturated carbocycles. The molecule has 4 nitrogen and oxygen atoms in total. The van der Waals surface area contributed by atoms with E-state index >= 15 is 0 Å². The van der Waals surface area contributed by atoms with Gasteiger partial charge in [-0.3, -0.25) is 4.98 Å². The summed E-state index contributed by atoms with van der Waals surface area (Å²) in [6.07, 6.45) is 4.76. The summed E-state index contributed by atoms with van der Waals surface area (Å²) in [5, 5.41) is 0. The predicted molar refractivity (Wildman–Crippen MR) is 74.5 cm³/mol. The van der Waals surface area contributed by atoms with Crippen LogP contribution in [0.4, 0.5) is 5.82 Å². The van der Waals surface area contributed by atoms with Crippen LogP contribution in [0.2, 0.25) is 0 Å². The number of rotatable bonds is 3. The summed E-state index contributed by atoms with van der Waals surface area (Å²) >= 11 is 0. The van der Waals surface area contributed by atoms with Gasteiger partial charge in [-0.2, -0.15) is 0 Å². The van der Waals surface area contributed by atoms with Crippen LogP contribution in [0.25, 0.3) is 0 Å². The van der Waals surface area contributed by atoms with Crippen LogP contribution in [-0.2, 0) is 0 Å². The van der Waals surface area contributed by atoms with Crippen molar-refractivity contribution in [3.63, 3.8) is 0 Å². The molecule has 0 spiro atoms. The molecule has 3 rings (SSSR count). The number of nitrogens with zero attached hydrogens (tertiary/aromatic N) is 3. The van der Waals surface area contributed by atoms with E-state index in [2.05, 4.69) is 27.0 Å². The van der Waals surface area contributed by atoms with E-state index in [0.717, 1.165) is 36.8 Å². The first-order valence-corrected chi connectivity index (χ1v) is 6.56. The van der Waals surface area contributed by atoms with Gasteiger partial charge < -0.3 is 9.64 Å². The van der Waals surface area contributed by atoms with Crippen molar-refractivity contribution in [2.75, 3.05) is 18.0 Å². The number of hydrogen-bond acceptors (Lipinski definition) is 4. The molecule has 1 aliphatic rings. The molecule has 0 radical (unpaired) electrons. The first-order chi connectivity index (χ1) is 9.31. The molecule has 2 aromatic heterocycles. The van der Waals surface area contributed by atoms with Gasteiger partial charge in [-0.25, -0.2) is 4.98 Å². The minimum Gasteiger partial charge on any atom is -0.488 e. The zero-order valence-electron chi connectivity index (χ0n) is 11.0. The van der Waals surface area contributed by atoms with Crippen LogP contribution in [0, 0.1) is 6.92 Å². The fourth-order valence-corrected chi connectivity index (χ4v) is 2.35. The van der Waals surface area contributed by atoms with Crippen molar-refractivity contribution < 1.29 is 4.74 Å². The van der Waals surface area contributed by atoms with E-state index < -0.39 is 0 Å². The maximum Gasteiger partial charge on any atom is 0.128 e. The van der Waals surface area contributed by atoms with Crippen molar-refractivity contribution in [3.05, 3.63) is 48.4 Å². The van der Waals surface area contributed by atoms with Gasteiger partial charge in [0.1, 0.15) is 17.7 Å². The molecule has 98 valence electrons. The monoisotopic (exact) mass is 255 g/mol. The summed E-state index contributed by atoms with van der Waals surface area (Å²) in [5.41, 5.74) is 1.05. The van der Waals surface area contributed by atoms with E-state index in [0.29, 0.717) is 0 Å². The van der Waals surface area contributed by atoms with Crippen molar-refractivity contribution in [2.45, 2.75) is 19.4 Å². The lowest BCUT2D eigenvalue weighted by atomic mass is 10.3. The van der Waals surface area contributed by atoms with Crippen molar-refractivity contribution in [1.82, 2.24) is 9.97 Å². The lowest BCUT2D eigenvalue weighted by Crippen LogP contribution is -2.25. The topological polar surface area (TPSA) is 38.2 Å². The van der Waals surface area contributed by atoms with Gasteiger partial charge in [0.25, 0.3) is 0 Å². The molecule has 1 aliphatic heterocycles. The van der Waals surface area contributed by atoms with Gasteiger partial charge in [0.05, 0.1) is 6.54 Å². The normalized spacial score (nSPS) is 18.6. The fourth-order valence-electron chi connectivity index (χ4n) is 2.35. The quantitative estimate of drug-likeness (QED) is 0.844. The molecular weight excluding hydrogens is 238 g/mol. The van der Waals surface area contributed by atoms with Crippen LogP contribution in [0.5, 0.6) is 5.75 Å². The minimum absolute atomic E-state index is 0.227. The third kappa shape index (κ3) is 2.84. The molecule has 19 heavy (non-hydrogen) atoms. The van der Waals surface area contributed by atoms with E-state index in [-0.39, 0.29) is 6.10 Å². The summed E-state index contributed by atoms with van der Waals surface area (Å²) < 4.78 is 5.95. The van der Waals surface area contributed by atoms with Gasteiger partial charge >= 0.3 is 0 Å². The number of ether oxygens (including phenoxy) is 1. The first kappa shape index (κ1) is 12.0. The van der Waals surface area contributed by atoms with E-state index in [1.807, 2.05) is 25.1 Å². The molecule has 0 aromatic carbocycles. The van der Waals surface area contributed by atoms with Crippen molar-refractivity contribution in [1.29, 1.82) is 0 Å². The average molecular weight is 255 g/mol. The molecule has 3 heterocycles. The summed E-state index contributed by atoms with van der Waals surface area (Å²) in [6.45, 7) is 3.90. The van der Waals surface area contributed by atoms with Crippen LogP contribution in [0.1, 0.15) is 12.1 Å². The Balaban J connectivity index is 1.64. The smallest absolute Gasteiger partial charge is 0.128 e. The van der Waals surface area contributed by atoms with E-state index in [9.17, 15) is 0 Å². The second-order valence-electron chi connectivity index (χ2n) is 4.79. The number of aryl methyl sites for hydroxylation is 1. The maximum atomic E-state index is 5.95. The largest absolute Gasteiger partial charge is 0.488 e. The standard InChI is InChI=1S/C15H17N3O/c1-12-3-2-4-15(17-12)18-10-7-14(11-18)19-13-5-8-16-9-6-13/h2-6,8-9,14H,7,10-11H2,1H3/t14-/m0/s1. The van der Waals surface area contributed by atoms with Gasteiger partial charge in [0, 0.05) is 31.1 Å². The Morgan fingerprint density at radius 3 is 2.84 bits per heavy atom. The minimum atomic E-state index is 0.227. The summed E-state index contributed by atoms with van der Waals surface area (Å²) in [7, 11) is 0. The third-order valence-corrected chi connectivity index (χ3v) is 3.30. The van der Waals surface area contributed by atoms with E-state index in [4.69, 9.17) is 4.74 Å². The highest BCUT2D eigenvalue weighted by atomic mass is 16.5. The SMILES string of the molecule is Cc1cccc(N2CC[C@H](Oc3ccncc3)C2)n1. The molecule has 0 N–H and O–H groups in total. The van der Waals surface area contributed by atoms with Gasteiger partial charge in [-0.1, -0.05) is 6.07 Å². The Morgan fingerprint density at radius 2 is 2.05 bits per heavy atom. The van der Waals surface area contributed by atoms with E-state index in [1.54, 1.807) is 12.4 Å². The van der Waals surface area contributed by atoms with Crippen LogP contribution < -0.4 is 9.64 Å². The number of anilines is 1. The molecule has 1 fully saturated rings. The zero-order chi connectivity index (χ0) is 13.1. The van der Waals surface area contributed by atoms with Crippen molar-refractivity contribution in [2.24, 2.45) is 0 Å². The number of pyridine rings is 2. The highest BCUT2D eigenvalue weighted by Crippen LogP contribution is 2.21. The lowest BCUT2D eigenvalue weighted by molar-refractivity contribution is 0.224. The number of hydrogen-bond donors (Lipinski definition) is 0. The zero-order valence-corrected chi connectivity index (χ0v) is 11.0. The summed E-state index contributed by atoms with van der Waals surface area (Å²) in [6, 6.07) is 9.92. The van der Waals surface area contributed by atoms with Crippen molar-refractivity contribution in [3.8, 4) is 5.75 Å².